The van der Waals surface area contributed by atoms with Gasteiger partial charge in [-0.1, -0.05) is 73.4 Å². The second kappa shape index (κ2) is 10.3. The Kier molecular flexibility index (Phi) is 7.38. The van der Waals surface area contributed by atoms with Gasteiger partial charge in [0.2, 0.25) is 0 Å². The molecule has 0 atom stereocenters. The molecule has 0 unspecified atom stereocenters. The lowest BCUT2D eigenvalue weighted by Gasteiger charge is -2.23. The largest absolute Gasteiger partial charge is 0.454 e. The fourth-order valence-corrected chi connectivity index (χ4v) is 4.94. The van der Waals surface area contributed by atoms with Gasteiger partial charge in [0, 0.05) is 46.6 Å². The molecule has 6 nitrogen and oxygen atoms in total. The summed E-state index contributed by atoms with van der Waals surface area (Å²) in [6.07, 6.45) is 4.35. The van der Waals surface area contributed by atoms with Gasteiger partial charge in [-0.25, -0.2) is 9.48 Å². The molecular formula is C28H27Cl2N3O3. The number of halogens is 2. The number of fused-ring (bicyclic) bond motifs is 1. The maximum atomic E-state index is 12.6. The first-order valence-corrected chi connectivity index (χ1v) is 12.2. The number of allylic oxidation sites excluding steroid dienone is 1. The molecule has 1 aromatic heterocycles. The van der Waals surface area contributed by atoms with E-state index in [9.17, 15) is 9.59 Å². The van der Waals surface area contributed by atoms with E-state index in [1.165, 1.54) is 6.08 Å². The summed E-state index contributed by atoms with van der Waals surface area (Å²) in [5.74, 6) is -0.931. The highest BCUT2D eigenvalue weighted by Crippen LogP contribution is 2.46. The van der Waals surface area contributed by atoms with Crippen molar-refractivity contribution in [1.29, 1.82) is 0 Å². The summed E-state index contributed by atoms with van der Waals surface area (Å²) in [5, 5.41) is 5.45. The van der Waals surface area contributed by atoms with Gasteiger partial charge in [0.25, 0.3) is 0 Å². The topological polar surface area (TPSA) is 64.4 Å². The number of carbonyl (C=O) groups is 2. The number of hydrogen-bond donors (Lipinski definition) is 0. The first kappa shape index (κ1) is 25.7. The van der Waals surface area contributed by atoms with Crippen molar-refractivity contribution in [3.05, 3.63) is 98.9 Å². The molecule has 1 aliphatic rings. The molecular weight excluding hydrogens is 497 g/mol. The number of likely N-dealkylation sites (N-methyl/N-ethyl adjacent to an activating group) is 1. The standard InChI is InChI=1S/C28H27Cl2N3O3/c1-18-21(27(30)33(31-18)16-19-9-5-7-11-23(19)29)13-14-26(35)36-17-20(34)15-25-28(2,3)22-10-6-8-12-24(22)32(25)4/h5-15H,16-17H2,1-4H3. The van der Waals surface area contributed by atoms with Gasteiger partial charge in [-0.15, -0.1) is 0 Å². The van der Waals surface area contributed by atoms with E-state index in [2.05, 4.69) is 25.0 Å². The molecule has 0 bridgehead atoms. The van der Waals surface area contributed by atoms with Crippen molar-refractivity contribution in [3.63, 3.8) is 0 Å². The highest BCUT2D eigenvalue weighted by molar-refractivity contribution is 6.32. The third-order valence-corrected chi connectivity index (χ3v) is 7.14. The Morgan fingerprint density at radius 3 is 2.50 bits per heavy atom. The number of aryl methyl sites for hydroxylation is 1. The third-order valence-electron chi connectivity index (χ3n) is 6.37. The number of aromatic nitrogens is 2. The second-order valence-electron chi connectivity index (χ2n) is 9.18. The Bertz CT molecular complexity index is 1390. The van der Waals surface area contributed by atoms with E-state index in [1.54, 1.807) is 29.8 Å². The fourth-order valence-electron chi connectivity index (χ4n) is 4.44. The zero-order valence-corrected chi connectivity index (χ0v) is 22.1. The molecule has 2 heterocycles. The van der Waals surface area contributed by atoms with Gasteiger partial charge >= 0.3 is 5.97 Å². The molecule has 0 fully saturated rings. The van der Waals surface area contributed by atoms with Crippen LogP contribution in [-0.4, -0.2) is 35.2 Å². The van der Waals surface area contributed by atoms with Gasteiger partial charge in [-0.3, -0.25) is 4.79 Å². The minimum absolute atomic E-state index is 0.291. The normalized spacial score (nSPS) is 15.5. The van der Waals surface area contributed by atoms with Crippen LogP contribution in [-0.2, 0) is 26.3 Å². The zero-order valence-electron chi connectivity index (χ0n) is 20.6. The van der Waals surface area contributed by atoms with Gasteiger partial charge in [0.1, 0.15) is 5.15 Å². The SMILES string of the molecule is Cc1nn(Cc2ccccc2Cl)c(Cl)c1C=CC(=O)OCC(=O)C=C1N(C)c2ccccc2C1(C)C. The van der Waals surface area contributed by atoms with Crippen molar-refractivity contribution in [2.45, 2.75) is 32.7 Å². The van der Waals surface area contributed by atoms with E-state index in [0.29, 0.717) is 28.0 Å². The average Bonchev–Trinajstić information content (AvgIpc) is 3.22. The van der Waals surface area contributed by atoms with E-state index < -0.39 is 5.97 Å². The smallest absolute Gasteiger partial charge is 0.331 e. The maximum Gasteiger partial charge on any atom is 0.331 e. The summed E-state index contributed by atoms with van der Waals surface area (Å²) in [7, 11) is 1.93. The Morgan fingerprint density at radius 2 is 1.78 bits per heavy atom. The summed E-state index contributed by atoms with van der Waals surface area (Å²) < 4.78 is 6.81. The monoisotopic (exact) mass is 523 g/mol. The van der Waals surface area contributed by atoms with Crippen LogP contribution >= 0.6 is 23.2 Å². The number of anilines is 1. The van der Waals surface area contributed by atoms with E-state index in [4.69, 9.17) is 27.9 Å². The third kappa shape index (κ3) is 5.11. The lowest BCUT2D eigenvalue weighted by molar-refractivity contribution is -0.141. The number of hydrogen-bond acceptors (Lipinski definition) is 5. The number of nitrogens with zero attached hydrogens (tertiary/aromatic N) is 3. The highest BCUT2D eigenvalue weighted by Gasteiger charge is 2.38. The van der Waals surface area contributed by atoms with Gasteiger partial charge < -0.3 is 9.64 Å². The van der Waals surface area contributed by atoms with Crippen LogP contribution in [0.1, 0.15) is 36.2 Å². The summed E-state index contributed by atoms with van der Waals surface area (Å²) >= 11 is 12.7. The van der Waals surface area contributed by atoms with Crippen LogP contribution in [0.5, 0.6) is 0 Å². The fraction of sp³-hybridized carbons (Fsp3) is 0.250. The van der Waals surface area contributed by atoms with Gasteiger partial charge in [0.15, 0.2) is 12.4 Å². The van der Waals surface area contributed by atoms with Crippen molar-refractivity contribution < 1.29 is 14.3 Å². The minimum Gasteiger partial charge on any atom is -0.454 e. The molecule has 4 rings (SSSR count). The second-order valence-corrected chi connectivity index (χ2v) is 9.94. The van der Waals surface area contributed by atoms with Crippen LogP contribution in [0.3, 0.4) is 0 Å². The van der Waals surface area contributed by atoms with Gasteiger partial charge in [-0.2, -0.15) is 5.10 Å². The number of para-hydroxylation sites is 1. The molecule has 3 aromatic rings. The Labute approximate surface area is 220 Å². The molecule has 0 saturated carbocycles. The van der Waals surface area contributed by atoms with E-state index in [1.807, 2.05) is 48.3 Å². The summed E-state index contributed by atoms with van der Waals surface area (Å²) in [6.45, 7) is 5.98. The van der Waals surface area contributed by atoms with Crippen LogP contribution < -0.4 is 4.90 Å². The predicted molar refractivity (Wildman–Crippen MR) is 143 cm³/mol. The van der Waals surface area contributed by atoms with Crippen LogP contribution in [0, 0.1) is 6.92 Å². The van der Waals surface area contributed by atoms with Crippen molar-refractivity contribution in [2.24, 2.45) is 0 Å². The van der Waals surface area contributed by atoms with Crippen molar-refractivity contribution in [2.75, 3.05) is 18.6 Å². The molecule has 0 spiro atoms. The average molecular weight is 524 g/mol. The number of carbonyl (C=O) groups excluding carboxylic acids is 2. The lowest BCUT2D eigenvalue weighted by atomic mass is 9.83. The molecule has 1 aliphatic heterocycles. The number of benzene rings is 2. The van der Waals surface area contributed by atoms with Crippen LogP contribution in [0.4, 0.5) is 5.69 Å². The highest BCUT2D eigenvalue weighted by atomic mass is 35.5. The molecule has 2 aromatic carbocycles. The minimum atomic E-state index is -0.640. The molecule has 0 aliphatic carbocycles. The molecule has 186 valence electrons. The first-order chi connectivity index (χ1) is 17.1. The Balaban J connectivity index is 1.39. The molecule has 0 saturated heterocycles. The Morgan fingerprint density at radius 1 is 1.08 bits per heavy atom. The number of esters is 1. The van der Waals surface area contributed by atoms with E-state index in [0.717, 1.165) is 22.5 Å². The number of ether oxygens (including phenoxy) is 1. The summed E-state index contributed by atoms with van der Waals surface area (Å²) in [6, 6.07) is 15.5. The molecule has 8 heteroatoms. The van der Waals surface area contributed by atoms with Crippen LogP contribution in [0.15, 0.2) is 66.4 Å². The zero-order chi connectivity index (χ0) is 26.0. The van der Waals surface area contributed by atoms with Crippen LogP contribution in [0.2, 0.25) is 10.2 Å². The van der Waals surface area contributed by atoms with E-state index >= 15 is 0 Å². The number of rotatable bonds is 7. The van der Waals surface area contributed by atoms with Gasteiger partial charge in [0.05, 0.1) is 12.2 Å². The molecule has 0 radical (unpaired) electrons. The van der Waals surface area contributed by atoms with Crippen LogP contribution in [0.25, 0.3) is 6.08 Å². The van der Waals surface area contributed by atoms with Crippen molar-refractivity contribution in [1.82, 2.24) is 9.78 Å². The lowest BCUT2D eigenvalue weighted by Crippen LogP contribution is -2.25. The quantitative estimate of drug-likeness (QED) is 0.281. The van der Waals surface area contributed by atoms with Crippen molar-refractivity contribution >= 4 is 46.7 Å². The van der Waals surface area contributed by atoms with E-state index in [-0.39, 0.29) is 17.8 Å². The summed E-state index contributed by atoms with van der Waals surface area (Å²) in [5.41, 5.74) is 4.87. The summed E-state index contributed by atoms with van der Waals surface area (Å²) in [4.78, 5) is 26.9. The maximum absolute atomic E-state index is 12.6. The number of ketones is 1. The molecule has 0 amide bonds. The molecule has 36 heavy (non-hydrogen) atoms. The first-order valence-electron chi connectivity index (χ1n) is 11.5. The Hall–Kier alpha value is -3.35. The van der Waals surface area contributed by atoms with Gasteiger partial charge in [-0.05, 0) is 36.3 Å². The molecule has 0 N–H and O–H groups in total. The predicted octanol–water partition coefficient (Wildman–Crippen LogP) is 5.98. The van der Waals surface area contributed by atoms with Crippen molar-refractivity contribution in [3.8, 4) is 0 Å².